The molecule has 20 heavy (non-hydrogen) atoms. The molecule has 112 valence electrons. The maximum atomic E-state index is 13.6. The van der Waals surface area contributed by atoms with Crippen LogP contribution < -0.4 is 5.73 Å². The standard InChI is InChI=1S/C17H26FNO/c1-4-20-17(9-5-6-12(2)11-17)16(19)15-10-14(18)8-7-13(15)3/h7-8,10,12,16H,4-6,9,11,19H2,1-3H3. The van der Waals surface area contributed by atoms with Gasteiger partial charge in [-0.15, -0.1) is 0 Å². The van der Waals surface area contributed by atoms with Crippen LogP contribution in [0.25, 0.3) is 0 Å². The summed E-state index contributed by atoms with van der Waals surface area (Å²) in [5.74, 6) is 0.381. The van der Waals surface area contributed by atoms with Crippen molar-refractivity contribution in [3.8, 4) is 0 Å². The Kier molecular flexibility index (Phi) is 4.82. The van der Waals surface area contributed by atoms with Gasteiger partial charge in [0.15, 0.2) is 0 Å². The fourth-order valence-corrected chi connectivity index (χ4v) is 3.56. The molecule has 1 fully saturated rings. The van der Waals surface area contributed by atoms with Crippen molar-refractivity contribution < 1.29 is 9.13 Å². The third kappa shape index (κ3) is 3.04. The van der Waals surface area contributed by atoms with E-state index in [0.717, 1.165) is 30.4 Å². The predicted octanol–water partition coefficient (Wildman–Crippen LogP) is 4.12. The molecule has 0 radical (unpaired) electrons. The lowest BCUT2D eigenvalue weighted by molar-refractivity contribution is -0.0939. The molecule has 2 N–H and O–H groups in total. The number of rotatable bonds is 4. The normalized spacial score (nSPS) is 28.4. The molecule has 0 bridgehead atoms. The summed E-state index contributed by atoms with van der Waals surface area (Å²) in [6.07, 6.45) is 4.27. The van der Waals surface area contributed by atoms with E-state index in [2.05, 4.69) is 6.92 Å². The van der Waals surface area contributed by atoms with Crippen molar-refractivity contribution in [2.45, 2.75) is 58.1 Å². The molecule has 0 aliphatic heterocycles. The molecule has 3 heteroatoms. The summed E-state index contributed by atoms with van der Waals surface area (Å²) in [6, 6.07) is 4.60. The first kappa shape index (κ1) is 15.5. The van der Waals surface area contributed by atoms with Crippen LogP contribution in [0.1, 0.15) is 56.7 Å². The Labute approximate surface area is 121 Å². The molecule has 0 amide bonds. The zero-order valence-corrected chi connectivity index (χ0v) is 12.8. The van der Waals surface area contributed by atoms with Gasteiger partial charge in [-0.1, -0.05) is 25.8 Å². The van der Waals surface area contributed by atoms with Crippen LogP contribution in [-0.4, -0.2) is 12.2 Å². The van der Waals surface area contributed by atoms with Crippen LogP contribution in [0, 0.1) is 18.7 Å². The molecule has 1 aliphatic carbocycles. The van der Waals surface area contributed by atoms with Crippen LogP contribution in [-0.2, 0) is 4.74 Å². The van der Waals surface area contributed by atoms with Crippen LogP contribution in [0.5, 0.6) is 0 Å². The highest BCUT2D eigenvalue weighted by Gasteiger charge is 2.42. The predicted molar refractivity (Wildman–Crippen MR) is 80.1 cm³/mol. The zero-order valence-electron chi connectivity index (χ0n) is 12.8. The van der Waals surface area contributed by atoms with Gasteiger partial charge in [0, 0.05) is 6.61 Å². The highest BCUT2D eigenvalue weighted by Crippen LogP contribution is 2.43. The summed E-state index contributed by atoms with van der Waals surface area (Å²) in [6.45, 7) is 6.89. The minimum absolute atomic E-state index is 0.225. The van der Waals surface area contributed by atoms with Gasteiger partial charge in [0.2, 0.25) is 0 Å². The number of hydrogen-bond donors (Lipinski definition) is 1. The summed E-state index contributed by atoms with van der Waals surface area (Å²) in [7, 11) is 0. The number of aryl methyl sites for hydroxylation is 1. The van der Waals surface area contributed by atoms with Gasteiger partial charge in [0.05, 0.1) is 11.6 Å². The number of ether oxygens (including phenoxy) is 1. The summed E-state index contributed by atoms with van der Waals surface area (Å²) in [4.78, 5) is 0. The van der Waals surface area contributed by atoms with Crippen LogP contribution in [0.4, 0.5) is 4.39 Å². The van der Waals surface area contributed by atoms with Gasteiger partial charge in [-0.05, 0) is 55.9 Å². The van der Waals surface area contributed by atoms with Crippen LogP contribution in [0.15, 0.2) is 18.2 Å². The third-order valence-electron chi connectivity index (χ3n) is 4.57. The first-order valence-electron chi connectivity index (χ1n) is 7.64. The van der Waals surface area contributed by atoms with Crippen LogP contribution in [0.2, 0.25) is 0 Å². The number of hydrogen-bond acceptors (Lipinski definition) is 2. The van der Waals surface area contributed by atoms with Crippen molar-refractivity contribution in [2.24, 2.45) is 11.7 Å². The van der Waals surface area contributed by atoms with E-state index in [1.807, 2.05) is 13.8 Å². The first-order valence-corrected chi connectivity index (χ1v) is 7.64. The minimum Gasteiger partial charge on any atom is -0.373 e. The van der Waals surface area contributed by atoms with Gasteiger partial charge < -0.3 is 10.5 Å². The van der Waals surface area contributed by atoms with Crippen LogP contribution in [0.3, 0.4) is 0 Å². The Balaban J connectivity index is 2.35. The number of halogens is 1. The van der Waals surface area contributed by atoms with Gasteiger partial charge >= 0.3 is 0 Å². The molecule has 0 saturated heterocycles. The molecule has 0 spiro atoms. The van der Waals surface area contributed by atoms with Crippen molar-refractivity contribution in [2.75, 3.05) is 6.61 Å². The first-order chi connectivity index (χ1) is 9.48. The van der Waals surface area contributed by atoms with Gasteiger partial charge in [-0.3, -0.25) is 0 Å². The molecule has 2 rings (SSSR count). The molecule has 1 aromatic rings. The summed E-state index contributed by atoms with van der Waals surface area (Å²) >= 11 is 0. The minimum atomic E-state index is -0.342. The average molecular weight is 279 g/mol. The Morgan fingerprint density at radius 2 is 2.25 bits per heavy atom. The molecule has 1 aromatic carbocycles. The summed E-state index contributed by atoms with van der Waals surface area (Å²) < 4.78 is 19.7. The fourth-order valence-electron chi connectivity index (χ4n) is 3.56. The Morgan fingerprint density at radius 1 is 1.50 bits per heavy atom. The second-order valence-corrected chi connectivity index (χ2v) is 6.18. The lowest BCUT2D eigenvalue weighted by atomic mass is 9.72. The summed E-state index contributed by atoms with van der Waals surface area (Å²) in [5, 5.41) is 0. The highest BCUT2D eigenvalue weighted by molar-refractivity contribution is 5.31. The van der Waals surface area contributed by atoms with Gasteiger partial charge in [0.25, 0.3) is 0 Å². The van der Waals surface area contributed by atoms with E-state index in [0.29, 0.717) is 12.5 Å². The number of nitrogens with two attached hydrogens (primary N) is 1. The van der Waals surface area contributed by atoms with E-state index < -0.39 is 0 Å². The molecule has 2 nitrogen and oxygen atoms in total. The highest BCUT2D eigenvalue weighted by atomic mass is 19.1. The lowest BCUT2D eigenvalue weighted by Gasteiger charge is -2.44. The van der Waals surface area contributed by atoms with E-state index >= 15 is 0 Å². The third-order valence-corrected chi connectivity index (χ3v) is 4.57. The molecular weight excluding hydrogens is 253 g/mol. The largest absolute Gasteiger partial charge is 0.373 e. The monoisotopic (exact) mass is 279 g/mol. The molecule has 0 heterocycles. The van der Waals surface area contributed by atoms with E-state index in [-0.39, 0.29) is 17.5 Å². The molecule has 0 aromatic heterocycles. The number of benzene rings is 1. The van der Waals surface area contributed by atoms with Gasteiger partial charge in [-0.2, -0.15) is 0 Å². The average Bonchev–Trinajstić information content (AvgIpc) is 2.41. The van der Waals surface area contributed by atoms with E-state index in [9.17, 15) is 4.39 Å². The van der Waals surface area contributed by atoms with Crippen molar-refractivity contribution in [1.82, 2.24) is 0 Å². The van der Waals surface area contributed by atoms with Crippen molar-refractivity contribution in [3.05, 3.63) is 35.1 Å². The maximum Gasteiger partial charge on any atom is 0.123 e. The van der Waals surface area contributed by atoms with E-state index in [1.165, 1.54) is 12.5 Å². The lowest BCUT2D eigenvalue weighted by Crippen LogP contribution is -2.47. The molecular formula is C17H26FNO. The topological polar surface area (TPSA) is 35.2 Å². The Bertz CT molecular complexity index is 458. The quantitative estimate of drug-likeness (QED) is 0.899. The smallest absolute Gasteiger partial charge is 0.123 e. The SMILES string of the molecule is CCOC1(C(N)c2cc(F)ccc2C)CCCC(C)C1. The zero-order chi connectivity index (χ0) is 14.8. The van der Waals surface area contributed by atoms with Crippen molar-refractivity contribution >= 4 is 0 Å². The van der Waals surface area contributed by atoms with Gasteiger partial charge in [-0.25, -0.2) is 4.39 Å². The van der Waals surface area contributed by atoms with Gasteiger partial charge in [0.1, 0.15) is 5.82 Å². The van der Waals surface area contributed by atoms with Crippen molar-refractivity contribution in [1.29, 1.82) is 0 Å². The molecule has 3 unspecified atom stereocenters. The molecule has 3 atom stereocenters. The molecule has 1 saturated carbocycles. The van der Waals surface area contributed by atoms with Crippen molar-refractivity contribution in [3.63, 3.8) is 0 Å². The van der Waals surface area contributed by atoms with E-state index in [1.54, 1.807) is 12.1 Å². The second-order valence-electron chi connectivity index (χ2n) is 6.18. The Hall–Kier alpha value is -0.930. The Morgan fingerprint density at radius 3 is 2.90 bits per heavy atom. The van der Waals surface area contributed by atoms with E-state index in [4.69, 9.17) is 10.5 Å². The second kappa shape index (κ2) is 6.23. The fraction of sp³-hybridized carbons (Fsp3) is 0.647. The maximum absolute atomic E-state index is 13.6. The summed E-state index contributed by atoms with van der Waals surface area (Å²) in [5.41, 5.74) is 8.11. The van der Waals surface area contributed by atoms with Crippen LogP contribution >= 0.6 is 0 Å². The molecule has 1 aliphatic rings.